The molecule has 2 aromatic rings. The van der Waals surface area contributed by atoms with E-state index in [0.29, 0.717) is 33.0 Å². The highest BCUT2D eigenvalue weighted by Gasteiger charge is 2.22. The number of carboxylic acid groups (broad SMARTS) is 1. The minimum Gasteiger partial charge on any atom is -0.495 e. The summed E-state index contributed by atoms with van der Waals surface area (Å²) < 4.78 is 21.1. The van der Waals surface area contributed by atoms with E-state index in [1.54, 1.807) is 6.07 Å². The molecule has 0 unspecified atom stereocenters. The van der Waals surface area contributed by atoms with E-state index in [2.05, 4.69) is 21.1 Å². The summed E-state index contributed by atoms with van der Waals surface area (Å²) >= 11 is 3.37. The van der Waals surface area contributed by atoms with Crippen LogP contribution in [0.3, 0.4) is 0 Å². The Morgan fingerprint density at radius 1 is 1.19 bits per heavy atom. The molecule has 7 nitrogen and oxygen atoms in total. The molecule has 0 radical (unpaired) electrons. The summed E-state index contributed by atoms with van der Waals surface area (Å²) in [6, 6.07) is 2.93. The normalized spacial score (nSPS) is 10.3. The number of hydrogen-bond acceptors (Lipinski definition) is 6. The largest absolute Gasteiger partial charge is 0.495 e. The summed E-state index contributed by atoms with van der Waals surface area (Å²) in [7, 11) is 4.47. The molecule has 0 fully saturated rings. The quantitative estimate of drug-likeness (QED) is 0.879. The van der Waals surface area contributed by atoms with Crippen LogP contribution in [0.2, 0.25) is 0 Å². The van der Waals surface area contributed by atoms with Crippen molar-refractivity contribution >= 4 is 21.9 Å². The minimum absolute atomic E-state index is 0.266. The lowest BCUT2D eigenvalue weighted by atomic mass is 10.1. The highest BCUT2D eigenvalue weighted by molar-refractivity contribution is 9.10. The number of aromatic carboxylic acids is 1. The van der Waals surface area contributed by atoms with Gasteiger partial charge in [-0.3, -0.25) is 0 Å². The lowest BCUT2D eigenvalue weighted by molar-refractivity contribution is 0.0652. The van der Waals surface area contributed by atoms with Gasteiger partial charge < -0.3 is 23.8 Å². The third-order valence-electron chi connectivity index (χ3n) is 2.77. The van der Waals surface area contributed by atoms with E-state index in [1.165, 1.54) is 27.4 Å². The van der Waals surface area contributed by atoms with Crippen LogP contribution in [0, 0.1) is 0 Å². The van der Waals surface area contributed by atoms with Gasteiger partial charge in [-0.15, -0.1) is 0 Å². The number of carboxylic acids is 1. The number of carbonyl (C=O) groups is 1. The number of nitrogens with zero attached hydrogens (tertiary/aromatic N) is 1. The van der Waals surface area contributed by atoms with Gasteiger partial charge in [0, 0.05) is 6.07 Å². The Hall–Kier alpha value is -2.22. The standard InChI is InChI=1S/C13H12BrNO6/c1-18-8-4-6(7-5-9(13(16)17)21-15-7)11(19-2)10(14)12(8)20-3/h4-5H,1-3H3,(H,16,17). The first-order valence-corrected chi connectivity index (χ1v) is 6.51. The smallest absolute Gasteiger partial charge is 0.374 e. The van der Waals surface area contributed by atoms with Crippen LogP contribution in [0.4, 0.5) is 0 Å². The van der Waals surface area contributed by atoms with E-state index in [9.17, 15) is 4.79 Å². The van der Waals surface area contributed by atoms with Crippen molar-refractivity contribution in [3.05, 3.63) is 22.4 Å². The lowest BCUT2D eigenvalue weighted by Crippen LogP contribution is -1.97. The predicted molar refractivity (Wildman–Crippen MR) is 76.3 cm³/mol. The second-order valence-electron chi connectivity index (χ2n) is 3.89. The van der Waals surface area contributed by atoms with Crippen molar-refractivity contribution < 1.29 is 28.6 Å². The van der Waals surface area contributed by atoms with Gasteiger partial charge in [0.2, 0.25) is 5.76 Å². The molecule has 2 rings (SSSR count). The molecule has 1 aromatic heterocycles. The highest BCUT2D eigenvalue weighted by atomic mass is 79.9. The average molecular weight is 358 g/mol. The SMILES string of the molecule is COc1cc(-c2cc(C(=O)O)on2)c(OC)c(Br)c1OC. The summed E-state index contributed by atoms with van der Waals surface area (Å²) in [5, 5.41) is 12.6. The predicted octanol–water partition coefficient (Wildman–Crippen LogP) is 2.83. The molecule has 0 aliphatic rings. The molecule has 0 saturated heterocycles. The van der Waals surface area contributed by atoms with Crippen molar-refractivity contribution in [3.63, 3.8) is 0 Å². The molecule has 0 saturated carbocycles. The minimum atomic E-state index is -1.20. The van der Waals surface area contributed by atoms with Crippen molar-refractivity contribution in [2.24, 2.45) is 0 Å². The molecule has 8 heteroatoms. The summed E-state index contributed by atoms with van der Waals surface area (Å²) in [6.45, 7) is 0. The van der Waals surface area contributed by atoms with Crippen molar-refractivity contribution in [2.45, 2.75) is 0 Å². The number of aromatic nitrogens is 1. The van der Waals surface area contributed by atoms with Crippen molar-refractivity contribution in [2.75, 3.05) is 21.3 Å². The topological polar surface area (TPSA) is 91.0 Å². The number of hydrogen-bond donors (Lipinski definition) is 1. The van der Waals surface area contributed by atoms with Crippen LogP contribution in [-0.2, 0) is 0 Å². The van der Waals surface area contributed by atoms with Gasteiger partial charge in [-0.1, -0.05) is 5.16 Å². The maximum Gasteiger partial charge on any atom is 0.374 e. The lowest BCUT2D eigenvalue weighted by Gasteiger charge is -2.15. The van der Waals surface area contributed by atoms with Crippen LogP contribution in [0.5, 0.6) is 17.2 Å². The number of rotatable bonds is 5. The third-order valence-corrected chi connectivity index (χ3v) is 3.49. The molecule has 0 amide bonds. The molecule has 0 spiro atoms. The van der Waals surface area contributed by atoms with E-state index in [-0.39, 0.29) is 5.76 Å². The molecular formula is C13H12BrNO6. The van der Waals surface area contributed by atoms with Gasteiger partial charge in [-0.25, -0.2) is 4.79 Å². The van der Waals surface area contributed by atoms with Gasteiger partial charge in [0.15, 0.2) is 11.5 Å². The Kier molecular flexibility index (Phi) is 4.37. The average Bonchev–Trinajstić information content (AvgIpc) is 2.96. The van der Waals surface area contributed by atoms with Gasteiger partial charge in [0.1, 0.15) is 15.9 Å². The Labute approximate surface area is 128 Å². The van der Waals surface area contributed by atoms with E-state index in [1.807, 2.05) is 0 Å². The molecular weight excluding hydrogens is 346 g/mol. The fourth-order valence-corrected chi connectivity index (χ4v) is 2.56. The highest BCUT2D eigenvalue weighted by Crippen LogP contribution is 2.47. The summed E-state index contributed by atoms with van der Waals surface area (Å²) in [4.78, 5) is 10.9. The van der Waals surface area contributed by atoms with Gasteiger partial charge in [-0.2, -0.15) is 0 Å². The zero-order chi connectivity index (χ0) is 15.6. The third kappa shape index (κ3) is 2.66. The molecule has 0 atom stereocenters. The first-order chi connectivity index (χ1) is 10.0. The Bertz CT molecular complexity index is 682. The Balaban J connectivity index is 2.66. The molecule has 0 aliphatic carbocycles. The van der Waals surface area contributed by atoms with E-state index < -0.39 is 5.97 Å². The van der Waals surface area contributed by atoms with E-state index in [0.717, 1.165) is 0 Å². The van der Waals surface area contributed by atoms with Gasteiger partial charge in [-0.05, 0) is 22.0 Å². The van der Waals surface area contributed by atoms with Gasteiger partial charge in [0.25, 0.3) is 0 Å². The first-order valence-electron chi connectivity index (χ1n) is 5.72. The Morgan fingerprint density at radius 2 is 1.86 bits per heavy atom. The molecule has 1 aromatic carbocycles. The molecule has 1 N–H and O–H groups in total. The second kappa shape index (κ2) is 6.04. The molecule has 112 valence electrons. The monoisotopic (exact) mass is 357 g/mol. The zero-order valence-corrected chi connectivity index (χ0v) is 13.1. The first kappa shape index (κ1) is 15.2. The Morgan fingerprint density at radius 3 is 2.33 bits per heavy atom. The number of halogens is 1. The summed E-state index contributed by atoms with van der Waals surface area (Å²) in [5.41, 5.74) is 0.823. The van der Waals surface area contributed by atoms with Crippen molar-refractivity contribution in [3.8, 4) is 28.5 Å². The number of benzene rings is 1. The fourth-order valence-electron chi connectivity index (χ4n) is 1.83. The zero-order valence-electron chi connectivity index (χ0n) is 11.5. The van der Waals surface area contributed by atoms with Crippen LogP contribution in [0.25, 0.3) is 11.3 Å². The van der Waals surface area contributed by atoms with Crippen molar-refractivity contribution in [1.82, 2.24) is 5.16 Å². The summed E-state index contributed by atoms with van der Waals surface area (Å²) in [5.74, 6) is -0.136. The molecule has 0 bridgehead atoms. The maximum atomic E-state index is 10.9. The molecule has 21 heavy (non-hydrogen) atoms. The van der Waals surface area contributed by atoms with Gasteiger partial charge >= 0.3 is 5.97 Å². The second-order valence-corrected chi connectivity index (χ2v) is 4.68. The van der Waals surface area contributed by atoms with Crippen LogP contribution < -0.4 is 14.2 Å². The number of ether oxygens (including phenoxy) is 3. The summed E-state index contributed by atoms with van der Waals surface area (Å²) in [6.07, 6.45) is 0. The number of methoxy groups -OCH3 is 3. The van der Waals surface area contributed by atoms with Crippen LogP contribution >= 0.6 is 15.9 Å². The maximum absolute atomic E-state index is 10.9. The van der Waals surface area contributed by atoms with Gasteiger partial charge in [0.05, 0.1) is 26.9 Å². The van der Waals surface area contributed by atoms with Crippen LogP contribution in [0.15, 0.2) is 21.1 Å². The van der Waals surface area contributed by atoms with E-state index >= 15 is 0 Å². The van der Waals surface area contributed by atoms with Crippen molar-refractivity contribution in [1.29, 1.82) is 0 Å². The fraction of sp³-hybridized carbons (Fsp3) is 0.231. The molecule has 0 aliphatic heterocycles. The van der Waals surface area contributed by atoms with Crippen LogP contribution in [0.1, 0.15) is 10.6 Å². The molecule has 1 heterocycles. The van der Waals surface area contributed by atoms with E-state index in [4.69, 9.17) is 23.8 Å². The van der Waals surface area contributed by atoms with Crippen LogP contribution in [-0.4, -0.2) is 37.6 Å².